The molecule has 0 aromatic carbocycles. The highest BCUT2D eigenvalue weighted by Gasteiger charge is 2.28. The summed E-state index contributed by atoms with van der Waals surface area (Å²) >= 11 is 0. The van der Waals surface area contributed by atoms with Crippen molar-refractivity contribution in [2.24, 2.45) is 7.05 Å². The largest absolute Gasteiger partial charge is 0.383 e. The topological polar surface area (TPSA) is 141 Å². The molecule has 0 spiro atoms. The summed E-state index contributed by atoms with van der Waals surface area (Å²) in [6.45, 7) is 6.12. The van der Waals surface area contributed by atoms with E-state index in [9.17, 15) is 14.4 Å². The first-order valence-corrected chi connectivity index (χ1v) is 10.5. The number of nitrogens with one attached hydrogen (secondary N) is 1. The fourth-order valence-electron chi connectivity index (χ4n) is 3.76. The molecule has 3 aromatic heterocycles. The first-order chi connectivity index (χ1) is 15.2. The minimum atomic E-state index is -0.727. The third-order valence-electron chi connectivity index (χ3n) is 5.31. The van der Waals surface area contributed by atoms with Crippen LogP contribution in [0.5, 0.6) is 0 Å². The number of H-pyrrole nitrogens is 1. The molecule has 1 amide bonds. The number of aryl methyl sites for hydroxylation is 3. The van der Waals surface area contributed by atoms with E-state index in [1.807, 2.05) is 6.92 Å². The minimum absolute atomic E-state index is 0.0541. The molecule has 0 atom stereocenters. The Morgan fingerprint density at radius 2 is 2.03 bits per heavy atom. The third kappa shape index (κ3) is 4.15. The van der Waals surface area contributed by atoms with Gasteiger partial charge in [-0.3, -0.25) is 28.7 Å². The summed E-state index contributed by atoms with van der Waals surface area (Å²) in [5.41, 5.74) is 7.04. The molecule has 11 nitrogen and oxygen atoms in total. The molecule has 11 heteroatoms. The Kier molecular flexibility index (Phi) is 6.78. The lowest BCUT2D eigenvalue weighted by atomic mass is 10.1. The van der Waals surface area contributed by atoms with Gasteiger partial charge in [0.15, 0.2) is 11.3 Å². The van der Waals surface area contributed by atoms with Crippen LogP contribution in [0.25, 0.3) is 11.0 Å². The Labute approximate surface area is 184 Å². The molecule has 0 aliphatic rings. The molecule has 0 saturated carbocycles. The van der Waals surface area contributed by atoms with Crippen molar-refractivity contribution in [3.05, 3.63) is 43.9 Å². The minimum Gasteiger partial charge on any atom is -0.383 e. The maximum absolute atomic E-state index is 13.8. The van der Waals surface area contributed by atoms with Crippen LogP contribution in [0.4, 0.5) is 11.5 Å². The number of hydrogen-bond donors (Lipinski definition) is 2. The number of pyridine rings is 1. The molecule has 3 N–H and O–H groups in total. The van der Waals surface area contributed by atoms with Crippen LogP contribution >= 0.6 is 0 Å². The average molecular weight is 444 g/mol. The summed E-state index contributed by atoms with van der Waals surface area (Å²) in [6.07, 6.45) is 1.53. The number of methoxy groups -OCH3 is 1. The van der Waals surface area contributed by atoms with Crippen LogP contribution in [0.15, 0.2) is 15.7 Å². The van der Waals surface area contributed by atoms with E-state index in [1.165, 1.54) is 16.6 Å². The number of carbonyl (C=O) groups excluding carboxylic acids is 1. The molecule has 3 heterocycles. The van der Waals surface area contributed by atoms with Crippen molar-refractivity contribution in [1.29, 1.82) is 0 Å². The van der Waals surface area contributed by atoms with Crippen LogP contribution in [0.1, 0.15) is 41.5 Å². The number of ether oxygens (including phenoxy) is 1. The average Bonchev–Trinajstić information content (AvgIpc) is 3.02. The third-order valence-corrected chi connectivity index (χ3v) is 5.31. The number of nitrogens with zero attached hydrogens (tertiary/aromatic N) is 5. The molecule has 0 aliphatic heterocycles. The van der Waals surface area contributed by atoms with Crippen molar-refractivity contribution in [2.45, 2.75) is 40.2 Å². The van der Waals surface area contributed by atoms with Gasteiger partial charge in [0, 0.05) is 32.9 Å². The van der Waals surface area contributed by atoms with Crippen molar-refractivity contribution in [2.75, 3.05) is 30.9 Å². The number of amides is 1. The molecule has 0 unspecified atom stereocenters. The van der Waals surface area contributed by atoms with Crippen molar-refractivity contribution >= 4 is 28.4 Å². The molecule has 172 valence electrons. The zero-order chi connectivity index (χ0) is 23.6. The van der Waals surface area contributed by atoms with Gasteiger partial charge in [-0.2, -0.15) is 5.10 Å². The summed E-state index contributed by atoms with van der Waals surface area (Å²) in [5, 5.41) is 4.98. The second-order valence-electron chi connectivity index (χ2n) is 7.67. The van der Waals surface area contributed by atoms with E-state index in [-0.39, 0.29) is 24.7 Å². The lowest BCUT2D eigenvalue weighted by Gasteiger charge is -2.25. The maximum Gasteiger partial charge on any atom is 0.330 e. The zero-order valence-electron chi connectivity index (χ0n) is 19.1. The van der Waals surface area contributed by atoms with Crippen LogP contribution in [0.3, 0.4) is 0 Å². The molecular weight excluding hydrogens is 414 g/mol. The van der Waals surface area contributed by atoms with E-state index >= 15 is 0 Å². The highest BCUT2D eigenvalue weighted by Crippen LogP contribution is 2.26. The smallest absolute Gasteiger partial charge is 0.330 e. The van der Waals surface area contributed by atoms with E-state index < -0.39 is 17.2 Å². The fraction of sp³-hybridized carbons (Fsp3) is 0.476. The molecule has 0 fully saturated rings. The number of nitrogen functional groups attached to an aromatic ring is 1. The fourth-order valence-corrected chi connectivity index (χ4v) is 3.76. The van der Waals surface area contributed by atoms with Gasteiger partial charge in [-0.1, -0.05) is 13.3 Å². The molecule has 0 aliphatic carbocycles. The van der Waals surface area contributed by atoms with Gasteiger partial charge in [-0.25, -0.2) is 9.78 Å². The maximum atomic E-state index is 13.8. The van der Waals surface area contributed by atoms with Gasteiger partial charge in [0.2, 0.25) is 0 Å². The molecule has 0 saturated heterocycles. The number of fused-ring (bicyclic) bond motifs is 1. The van der Waals surface area contributed by atoms with Gasteiger partial charge < -0.3 is 10.5 Å². The number of carbonyl (C=O) groups is 1. The van der Waals surface area contributed by atoms with E-state index in [0.717, 1.165) is 6.42 Å². The van der Waals surface area contributed by atoms with Crippen molar-refractivity contribution in [3.63, 3.8) is 0 Å². The van der Waals surface area contributed by atoms with Crippen molar-refractivity contribution in [3.8, 4) is 0 Å². The van der Waals surface area contributed by atoms with Crippen LogP contribution in [0, 0.1) is 13.8 Å². The predicted octanol–water partition coefficient (Wildman–Crippen LogP) is 1.11. The number of unbranched alkanes of at least 4 members (excludes halogenated alkanes) is 1. The molecule has 3 rings (SSSR count). The first kappa shape index (κ1) is 23.2. The lowest BCUT2D eigenvalue weighted by molar-refractivity contribution is 0.0977. The Hall–Kier alpha value is -3.47. The molecule has 3 aromatic rings. The normalized spacial score (nSPS) is 11.3. The van der Waals surface area contributed by atoms with Crippen LogP contribution < -0.4 is 21.9 Å². The molecular formula is C21H29N7O4. The zero-order valence-corrected chi connectivity index (χ0v) is 19.1. The lowest BCUT2D eigenvalue weighted by Crippen LogP contribution is -2.42. The van der Waals surface area contributed by atoms with E-state index in [4.69, 9.17) is 10.5 Å². The highest BCUT2D eigenvalue weighted by molar-refractivity contribution is 6.14. The molecule has 32 heavy (non-hydrogen) atoms. The number of hydrogen-bond acceptors (Lipinski definition) is 7. The van der Waals surface area contributed by atoms with Crippen LogP contribution in [0.2, 0.25) is 0 Å². The summed E-state index contributed by atoms with van der Waals surface area (Å²) < 4.78 is 8.07. The first-order valence-electron chi connectivity index (χ1n) is 10.5. The summed E-state index contributed by atoms with van der Waals surface area (Å²) in [6, 6.07) is 1.66. The molecule has 0 radical (unpaired) electrons. The number of rotatable bonds is 8. The Bertz CT molecular complexity index is 1270. The molecule has 0 bridgehead atoms. The second kappa shape index (κ2) is 9.35. The quantitative estimate of drug-likeness (QED) is 0.531. The summed E-state index contributed by atoms with van der Waals surface area (Å²) in [5.74, 6) is -0.506. The number of aromatic amines is 1. The van der Waals surface area contributed by atoms with Crippen molar-refractivity contribution in [1.82, 2.24) is 24.3 Å². The second-order valence-corrected chi connectivity index (χ2v) is 7.67. The summed E-state index contributed by atoms with van der Waals surface area (Å²) in [7, 11) is 3.25. The Balaban J connectivity index is 2.23. The van der Waals surface area contributed by atoms with E-state index in [0.29, 0.717) is 41.0 Å². The van der Waals surface area contributed by atoms with Gasteiger partial charge in [0.25, 0.3) is 11.5 Å². The van der Waals surface area contributed by atoms with Gasteiger partial charge in [0.1, 0.15) is 5.82 Å². The number of nitrogens with two attached hydrogens (primary N) is 1. The SMILES string of the molecule is CCCCn1c(N)c(N(CCOC)C(=O)c2cc(C)nc3c2c(C)nn3C)c(=O)[nH]c1=O. The standard InChI is InChI=1S/C21H29N7O4/c1-6-7-8-28-17(22)16(19(29)24-21(28)31)27(9-10-32-5)20(30)14-11-12(2)23-18-15(14)13(3)25-26(18)4/h11H,6-10,22H2,1-5H3,(H,24,29,31). The monoisotopic (exact) mass is 443 g/mol. The van der Waals surface area contributed by atoms with Crippen molar-refractivity contribution < 1.29 is 9.53 Å². The van der Waals surface area contributed by atoms with Crippen LogP contribution in [-0.2, 0) is 18.3 Å². The van der Waals surface area contributed by atoms with E-state index in [2.05, 4.69) is 15.1 Å². The highest BCUT2D eigenvalue weighted by atomic mass is 16.5. The van der Waals surface area contributed by atoms with Gasteiger partial charge in [-0.05, 0) is 26.3 Å². The number of anilines is 2. The van der Waals surface area contributed by atoms with Gasteiger partial charge in [-0.15, -0.1) is 0 Å². The summed E-state index contributed by atoms with van der Waals surface area (Å²) in [4.78, 5) is 47.0. The Morgan fingerprint density at radius 3 is 2.69 bits per heavy atom. The van der Waals surface area contributed by atoms with E-state index in [1.54, 1.807) is 31.6 Å². The van der Waals surface area contributed by atoms with Gasteiger partial charge >= 0.3 is 5.69 Å². The van der Waals surface area contributed by atoms with Crippen LogP contribution in [-0.4, -0.2) is 50.5 Å². The van der Waals surface area contributed by atoms with Gasteiger partial charge in [0.05, 0.1) is 23.3 Å². The predicted molar refractivity (Wildman–Crippen MR) is 122 cm³/mol. The Morgan fingerprint density at radius 1 is 1.31 bits per heavy atom. The number of aromatic nitrogens is 5.